The minimum atomic E-state index is -0.520. The number of rotatable bonds is 2. The second-order valence-electron chi connectivity index (χ2n) is 3.19. The van der Waals surface area contributed by atoms with Crippen LogP contribution in [0.25, 0.3) is 0 Å². The second-order valence-corrected chi connectivity index (χ2v) is 3.60. The standard InChI is InChI=1S/C10H13ClN2O/c1-6-8(11)4-3-5-9(6)13-10(14)7(2)12/h3-5,7H,12H2,1-2H3,(H,13,14). The van der Waals surface area contributed by atoms with Crippen molar-refractivity contribution in [3.8, 4) is 0 Å². The predicted octanol–water partition coefficient (Wildman–Crippen LogP) is 1.93. The third kappa shape index (κ3) is 2.47. The smallest absolute Gasteiger partial charge is 0.241 e. The Hall–Kier alpha value is -1.06. The highest BCUT2D eigenvalue weighted by Crippen LogP contribution is 2.22. The van der Waals surface area contributed by atoms with Gasteiger partial charge in [-0.15, -0.1) is 0 Å². The summed E-state index contributed by atoms with van der Waals surface area (Å²) in [6.07, 6.45) is 0. The summed E-state index contributed by atoms with van der Waals surface area (Å²) < 4.78 is 0. The van der Waals surface area contributed by atoms with Crippen LogP contribution in [0.3, 0.4) is 0 Å². The molecular weight excluding hydrogens is 200 g/mol. The van der Waals surface area contributed by atoms with E-state index in [-0.39, 0.29) is 5.91 Å². The molecule has 0 radical (unpaired) electrons. The van der Waals surface area contributed by atoms with Crippen LogP contribution in [0.1, 0.15) is 12.5 Å². The fourth-order valence-electron chi connectivity index (χ4n) is 0.989. The Bertz CT molecular complexity index is 350. The molecule has 0 aliphatic carbocycles. The van der Waals surface area contributed by atoms with Gasteiger partial charge in [-0.25, -0.2) is 0 Å². The van der Waals surface area contributed by atoms with E-state index >= 15 is 0 Å². The number of benzene rings is 1. The zero-order chi connectivity index (χ0) is 10.7. The molecule has 1 aromatic carbocycles. The number of hydrogen-bond acceptors (Lipinski definition) is 2. The summed E-state index contributed by atoms with van der Waals surface area (Å²) in [5.41, 5.74) is 6.99. The van der Waals surface area contributed by atoms with Crippen molar-refractivity contribution >= 4 is 23.2 Å². The summed E-state index contributed by atoms with van der Waals surface area (Å²) in [4.78, 5) is 11.3. The van der Waals surface area contributed by atoms with Crippen LogP contribution in [0.5, 0.6) is 0 Å². The molecule has 0 heterocycles. The van der Waals surface area contributed by atoms with Crippen LogP contribution in [0, 0.1) is 6.92 Å². The van der Waals surface area contributed by atoms with Gasteiger partial charge >= 0.3 is 0 Å². The fourth-order valence-corrected chi connectivity index (χ4v) is 1.16. The topological polar surface area (TPSA) is 55.1 Å². The molecule has 1 unspecified atom stereocenters. The van der Waals surface area contributed by atoms with E-state index in [4.69, 9.17) is 17.3 Å². The molecule has 76 valence electrons. The molecule has 3 N–H and O–H groups in total. The van der Waals surface area contributed by atoms with Crippen LogP contribution in [-0.4, -0.2) is 11.9 Å². The summed E-state index contributed by atoms with van der Waals surface area (Å²) in [6.45, 7) is 3.48. The third-order valence-electron chi connectivity index (χ3n) is 1.94. The number of hydrogen-bond donors (Lipinski definition) is 2. The first-order valence-electron chi connectivity index (χ1n) is 4.34. The quantitative estimate of drug-likeness (QED) is 0.787. The summed E-state index contributed by atoms with van der Waals surface area (Å²) in [5, 5.41) is 3.33. The van der Waals surface area contributed by atoms with E-state index in [1.807, 2.05) is 6.92 Å². The van der Waals surface area contributed by atoms with Crippen molar-refractivity contribution in [3.63, 3.8) is 0 Å². The zero-order valence-corrected chi connectivity index (χ0v) is 8.93. The van der Waals surface area contributed by atoms with E-state index in [1.165, 1.54) is 0 Å². The average Bonchev–Trinajstić information content (AvgIpc) is 2.12. The van der Waals surface area contributed by atoms with Crippen LogP contribution >= 0.6 is 11.6 Å². The van der Waals surface area contributed by atoms with Gasteiger partial charge in [0.15, 0.2) is 0 Å². The molecule has 1 atom stereocenters. The normalized spacial score (nSPS) is 12.3. The number of nitrogens with two attached hydrogens (primary N) is 1. The molecule has 0 aliphatic rings. The molecule has 4 heteroatoms. The zero-order valence-electron chi connectivity index (χ0n) is 8.17. The number of anilines is 1. The largest absolute Gasteiger partial charge is 0.324 e. The Morgan fingerprint density at radius 1 is 1.57 bits per heavy atom. The first kappa shape index (κ1) is 11.0. The molecule has 14 heavy (non-hydrogen) atoms. The predicted molar refractivity (Wildman–Crippen MR) is 58.5 cm³/mol. The molecule has 0 aliphatic heterocycles. The van der Waals surface area contributed by atoms with E-state index in [9.17, 15) is 4.79 Å². The van der Waals surface area contributed by atoms with Gasteiger partial charge in [0, 0.05) is 10.7 Å². The van der Waals surface area contributed by atoms with Gasteiger partial charge in [-0.3, -0.25) is 4.79 Å². The van der Waals surface area contributed by atoms with Gasteiger partial charge < -0.3 is 11.1 Å². The Morgan fingerprint density at radius 2 is 2.21 bits per heavy atom. The number of carbonyl (C=O) groups is 1. The molecule has 0 saturated carbocycles. The molecule has 1 aromatic rings. The SMILES string of the molecule is Cc1c(Cl)cccc1NC(=O)C(C)N. The first-order valence-corrected chi connectivity index (χ1v) is 4.71. The van der Waals surface area contributed by atoms with E-state index in [0.29, 0.717) is 10.7 Å². The van der Waals surface area contributed by atoms with E-state index in [1.54, 1.807) is 25.1 Å². The van der Waals surface area contributed by atoms with Crippen molar-refractivity contribution in [2.75, 3.05) is 5.32 Å². The van der Waals surface area contributed by atoms with Gasteiger partial charge in [0.2, 0.25) is 5.91 Å². The van der Waals surface area contributed by atoms with Crippen molar-refractivity contribution in [3.05, 3.63) is 28.8 Å². The van der Waals surface area contributed by atoms with Crippen LogP contribution in [0.2, 0.25) is 5.02 Å². The molecule has 0 fully saturated rings. The minimum Gasteiger partial charge on any atom is -0.324 e. The molecule has 0 spiro atoms. The van der Waals surface area contributed by atoms with Crippen LogP contribution < -0.4 is 11.1 Å². The van der Waals surface area contributed by atoms with Gasteiger partial charge in [0.25, 0.3) is 0 Å². The summed E-state index contributed by atoms with van der Waals surface area (Å²) in [7, 11) is 0. The second kappa shape index (κ2) is 4.44. The maximum absolute atomic E-state index is 11.3. The highest BCUT2D eigenvalue weighted by molar-refractivity contribution is 6.31. The summed E-state index contributed by atoms with van der Waals surface area (Å²) in [5.74, 6) is -0.213. The van der Waals surface area contributed by atoms with Crippen molar-refractivity contribution < 1.29 is 4.79 Å². The highest BCUT2D eigenvalue weighted by atomic mass is 35.5. The molecule has 1 rings (SSSR count). The molecule has 0 bridgehead atoms. The van der Waals surface area contributed by atoms with Gasteiger partial charge in [-0.05, 0) is 31.5 Å². The molecular formula is C10H13ClN2O. The maximum atomic E-state index is 11.3. The average molecular weight is 213 g/mol. The van der Waals surface area contributed by atoms with Crippen molar-refractivity contribution in [1.82, 2.24) is 0 Å². The highest BCUT2D eigenvalue weighted by Gasteiger charge is 2.09. The molecule has 3 nitrogen and oxygen atoms in total. The van der Waals surface area contributed by atoms with Crippen molar-refractivity contribution in [2.45, 2.75) is 19.9 Å². The molecule has 1 amide bonds. The summed E-state index contributed by atoms with van der Waals surface area (Å²) in [6, 6.07) is 4.83. The molecule has 0 saturated heterocycles. The Morgan fingerprint density at radius 3 is 2.79 bits per heavy atom. The first-order chi connectivity index (χ1) is 6.52. The fraction of sp³-hybridized carbons (Fsp3) is 0.300. The van der Waals surface area contributed by atoms with Crippen LogP contribution in [0.15, 0.2) is 18.2 Å². The number of halogens is 1. The van der Waals surface area contributed by atoms with Crippen molar-refractivity contribution in [1.29, 1.82) is 0 Å². The van der Waals surface area contributed by atoms with Crippen LogP contribution in [0.4, 0.5) is 5.69 Å². The monoisotopic (exact) mass is 212 g/mol. The Labute approximate surface area is 88.2 Å². The van der Waals surface area contributed by atoms with E-state index < -0.39 is 6.04 Å². The minimum absolute atomic E-state index is 0.213. The van der Waals surface area contributed by atoms with Gasteiger partial charge in [-0.1, -0.05) is 17.7 Å². The molecule has 0 aromatic heterocycles. The number of nitrogens with one attached hydrogen (secondary N) is 1. The van der Waals surface area contributed by atoms with Crippen molar-refractivity contribution in [2.24, 2.45) is 5.73 Å². The van der Waals surface area contributed by atoms with E-state index in [0.717, 1.165) is 5.56 Å². The van der Waals surface area contributed by atoms with Gasteiger partial charge in [0.05, 0.1) is 6.04 Å². The summed E-state index contributed by atoms with van der Waals surface area (Å²) >= 11 is 5.89. The third-order valence-corrected chi connectivity index (χ3v) is 2.35. The number of amides is 1. The lowest BCUT2D eigenvalue weighted by molar-refractivity contribution is -0.117. The van der Waals surface area contributed by atoms with Gasteiger partial charge in [0.1, 0.15) is 0 Å². The van der Waals surface area contributed by atoms with Gasteiger partial charge in [-0.2, -0.15) is 0 Å². The lowest BCUT2D eigenvalue weighted by Gasteiger charge is -2.10. The van der Waals surface area contributed by atoms with E-state index in [2.05, 4.69) is 5.32 Å². The lowest BCUT2D eigenvalue weighted by atomic mass is 10.2. The maximum Gasteiger partial charge on any atom is 0.241 e. The Balaban J connectivity index is 2.87. The van der Waals surface area contributed by atoms with Crippen LogP contribution in [-0.2, 0) is 4.79 Å². The number of carbonyl (C=O) groups excluding carboxylic acids is 1. The Kier molecular flexibility index (Phi) is 3.49. The lowest BCUT2D eigenvalue weighted by Crippen LogP contribution is -2.32.